The van der Waals surface area contributed by atoms with E-state index >= 15 is 0 Å². The van der Waals surface area contributed by atoms with Gasteiger partial charge in [-0.2, -0.15) is 0 Å². The maximum absolute atomic E-state index is 11.6. The molecule has 0 saturated carbocycles. The number of aromatic nitrogens is 4. The fourth-order valence-electron chi connectivity index (χ4n) is 3.41. The number of carboxylic acid groups (broad SMARTS) is 1. The van der Waals surface area contributed by atoms with Crippen LogP contribution in [-0.4, -0.2) is 37.1 Å². The van der Waals surface area contributed by atoms with E-state index in [0.29, 0.717) is 21.7 Å². The molecule has 0 spiro atoms. The van der Waals surface area contributed by atoms with Crippen molar-refractivity contribution >= 4 is 69.0 Å². The molecular weight excluding hydrogens is 513 g/mol. The summed E-state index contributed by atoms with van der Waals surface area (Å²) in [6.45, 7) is -0.204. The largest absolute Gasteiger partial charge is 0.480 e. The predicted molar refractivity (Wildman–Crippen MR) is 137 cm³/mol. The zero-order valence-corrected chi connectivity index (χ0v) is 20.4. The summed E-state index contributed by atoms with van der Waals surface area (Å²) >= 11 is 15.0. The maximum atomic E-state index is 11.6. The van der Waals surface area contributed by atoms with Crippen molar-refractivity contribution in [2.75, 3.05) is 10.8 Å². The predicted octanol–water partition coefficient (Wildman–Crippen LogP) is 6.45. The molecule has 170 valence electrons. The molecule has 0 amide bonds. The number of benzene rings is 2. The van der Waals surface area contributed by atoms with Crippen molar-refractivity contribution in [1.29, 1.82) is 0 Å². The molecule has 0 bridgehead atoms. The van der Waals surface area contributed by atoms with Crippen molar-refractivity contribution in [2.45, 2.75) is 4.90 Å². The Morgan fingerprint density at radius 3 is 2.62 bits per heavy atom. The Morgan fingerprint density at radius 1 is 1.06 bits per heavy atom. The van der Waals surface area contributed by atoms with Crippen molar-refractivity contribution in [3.8, 4) is 16.6 Å². The van der Waals surface area contributed by atoms with Gasteiger partial charge in [0.1, 0.15) is 12.4 Å². The van der Waals surface area contributed by atoms with Crippen LogP contribution >= 0.6 is 46.5 Å². The first kappa shape index (κ1) is 22.7. The lowest BCUT2D eigenvalue weighted by Crippen LogP contribution is -2.22. The Bertz CT molecular complexity index is 1470. The second-order valence-electron chi connectivity index (χ2n) is 7.13. The van der Waals surface area contributed by atoms with Crippen LogP contribution in [0.5, 0.6) is 0 Å². The minimum Gasteiger partial charge on any atom is -0.480 e. The van der Waals surface area contributed by atoms with E-state index in [-0.39, 0.29) is 6.54 Å². The van der Waals surface area contributed by atoms with E-state index in [1.54, 1.807) is 34.9 Å². The lowest BCUT2D eigenvalue weighted by Gasteiger charge is -2.22. The fraction of sp³-hybridized carbons (Fsp3) is 0.0435. The highest BCUT2D eigenvalue weighted by Crippen LogP contribution is 2.34. The molecule has 0 aliphatic rings. The molecule has 0 aliphatic heterocycles. The first-order chi connectivity index (χ1) is 16.5. The highest BCUT2D eigenvalue weighted by atomic mass is 35.5. The Hall–Kier alpha value is -3.11. The van der Waals surface area contributed by atoms with Gasteiger partial charge >= 0.3 is 5.97 Å². The van der Waals surface area contributed by atoms with Crippen LogP contribution in [0.3, 0.4) is 0 Å². The van der Waals surface area contributed by atoms with Crippen LogP contribution in [0, 0.1) is 0 Å². The molecule has 34 heavy (non-hydrogen) atoms. The van der Waals surface area contributed by atoms with Crippen LogP contribution in [0.15, 0.2) is 77.4 Å². The standard InChI is InChI=1S/C23H15Cl2N5O2S2/c24-15-10-16(25)12-18(11-15)34-30(13-21(31)32)17-1-2-19-14(9-17)4-7-29(19)20-3-5-26-22(28-20)23-27-6-8-33-23/h1-12H,13H2,(H,31,32). The average molecular weight is 528 g/mol. The van der Waals surface area contributed by atoms with Gasteiger partial charge in [0, 0.05) is 50.0 Å². The molecule has 0 atom stereocenters. The minimum atomic E-state index is -0.950. The van der Waals surface area contributed by atoms with Crippen LogP contribution < -0.4 is 4.31 Å². The molecule has 5 rings (SSSR count). The summed E-state index contributed by atoms with van der Waals surface area (Å²) < 4.78 is 3.65. The lowest BCUT2D eigenvalue weighted by atomic mass is 10.2. The van der Waals surface area contributed by atoms with Gasteiger partial charge in [-0.25, -0.2) is 15.0 Å². The molecule has 5 aromatic rings. The van der Waals surface area contributed by atoms with Gasteiger partial charge in [-0.15, -0.1) is 11.3 Å². The number of carbonyl (C=O) groups is 1. The van der Waals surface area contributed by atoms with Crippen molar-refractivity contribution < 1.29 is 9.90 Å². The number of halogens is 2. The molecule has 0 radical (unpaired) electrons. The summed E-state index contributed by atoms with van der Waals surface area (Å²) in [5.74, 6) is 0.331. The second-order valence-corrected chi connectivity index (χ2v) is 9.99. The van der Waals surface area contributed by atoms with Gasteiger partial charge in [-0.05, 0) is 60.5 Å². The molecule has 1 N–H and O–H groups in total. The fourth-order valence-corrected chi connectivity index (χ4v) is 5.65. The second kappa shape index (κ2) is 9.63. The highest BCUT2D eigenvalue weighted by Gasteiger charge is 2.16. The minimum absolute atomic E-state index is 0.204. The average Bonchev–Trinajstić information content (AvgIpc) is 3.48. The normalized spacial score (nSPS) is 11.1. The third kappa shape index (κ3) is 4.88. The Balaban J connectivity index is 1.49. The van der Waals surface area contributed by atoms with Crippen molar-refractivity contribution in [2.24, 2.45) is 0 Å². The summed E-state index contributed by atoms with van der Waals surface area (Å²) in [6.07, 6.45) is 5.36. The molecule has 0 saturated heterocycles. The van der Waals surface area contributed by atoms with E-state index in [4.69, 9.17) is 23.2 Å². The quantitative estimate of drug-likeness (QED) is 0.243. The molecule has 7 nitrogen and oxygen atoms in total. The number of carboxylic acids is 1. The number of rotatable bonds is 7. The molecule has 0 unspecified atom stereocenters. The number of fused-ring (bicyclic) bond motifs is 1. The summed E-state index contributed by atoms with van der Waals surface area (Å²) in [7, 11) is 0. The van der Waals surface area contributed by atoms with Gasteiger partial charge in [0.15, 0.2) is 10.8 Å². The van der Waals surface area contributed by atoms with Crippen LogP contribution in [0.25, 0.3) is 27.6 Å². The Kier molecular flexibility index (Phi) is 6.42. The molecule has 3 aromatic heterocycles. The molecule has 2 aromatic carbocycles. The number of anilines is 1. The first-order valence-electron chi connectivity index (χ1n) is 9.94. The third-order valence-electron chi connectivity index (χ3n) is 4.80. The first-order valence-corrected chi connectivity index (χ1v) is 12.3. The molecular formula is C23H15Cl2N5O2S2. The van der Waals surface area contributed by atoms with E-state index in [9.17, 15) is 9.90 Å². The zero-order valence-electron chi connectivity index (χ0n) is 17.3. The number of thiazole rings is 1. The SMILES string of the molecule is O=C(O)CN(Sc1cc(Cl)cc(Cl)c1)c1ccc2c(ccn2-c2ccnc(-c3nccs3)n2)c1. The number of aliphatic carboxylic acids is 1. The van der Waals surface area contributed by atoms with E-state index in [1.807, 2.05) is 46.5 Å². The van der Waals surface area contributed by atoms with Gasteiger partial charge in [0.05, 0.1) is 5.52 Å². The summed E-state index contributed by atoms with van der Waals surface area (Å²) in [5.41, 5.74) is 1.67. The van der Waals surface area contributed by atoms with Crippen LogP contribution in [0.1, 0.15) is 0 Å². The van der Waals surface area contributed by atoms with Crippen molar-refractivity contribution in [3.05, 3.63) is 82.5 Å². The zero-order chi connectivity index (χ0) is 23.7. The smallest absolute Gasteiger partial charge is 0.324 e. The Morgan fingerprint density at radius 2 is 1.88 bits per heavy atom. The van der Waals surface area contributed by atoms with E-state index in [2.05, 4.69) is 15.0 Å². The van der Waals surface area contributed by atoms with Crippen molar-refractivity contribution in [3.63, 3.8) is 0 Å². The van der Waals surface area contributed by atoms with Crippen LogP contribution in [0.2, 0.25) is 10.0 Å². The van der Waals surface area contributed by atoms with E-state index in [1.165, 1.54) is 23.3 Å². The summed E-state index contributed by atoms with van der Waals surface area (Å²) in [4.78, 5) is 25.6. The lowest BCUT2D eigenvalue weighted by molar-refractivity contribution is -0.135. The molecule has 0 aliphatic carbocycles. The van der Waals surface area contributed by atoms with Crippen LogP contribution in [0.4, 0.5) is 5.69 Å². The number of hydrogen-bond acceptors (Lipinski definition) is 7. The van der Waals surface area contributed by atoms with Crippen LogP contribution in [-0.2, 0) is 4.79 Å². The highest BCUT2D eigenvalue weighted by molar-refractivity contribution is 8.00. The summed E-state index contributed by atoms with van der Waals surface area (Å²) in [5, 5.41) is 14.0. The number of nitrogens with zero attached hydrogens (tertiary/aromatic N) is 5. The molecule has 3 heterocycles. The van der Waals surface area contributed by atoms with Crippen molar-refractivity contribution in [1.82, 2.24) is 19.5 Å². The number of hydrogen-bond donors (Lipinski definition) is 1. The van der Waals surface area contributed by atoms with E-state index in [0.717, 1.165) is 26.5 Å². The van der Waals surface area contributed by atoms with Gasteiger partial charge in [0.2, 0.25) is 0 Å². The Labute approximate surface area is 212 Å². The van der Waals surface area contributed by atoms with Gasteiger partial charge in [0.25, 0.3) is 0 Å². The maximum Gasteiger partial charge on any atom is 0.324 e. The van der Waals surface area contributed by atoms with Gasteiger partial charge in [-0.3, -0.25) is 4.79 Å². The molecule has 11 heteroatoms. The monoisotopic (exact) mass is 527 g/mol. The van der Waals surface area contributed by atoms with Gasteiger partial charge in [-0.1, -0.05) is 23.2 Å². The molecule has 0 fully saturated rings. The van der Waals surface area contributed by atoms with E-state index < -0.39 is 5.97 Å². The summed E-state index contributed by atoms with van der Waals surface area (Å²) in [6, 6.07) is 14.7. The third-order valence-corrected chi connectivity index (χ3v) is 7.02. The van der Waals surface area contributed by atoms with Gasteiger partial charge < -0.3 is 14.0 Å². The topological polar surface area (TPSA) is 84.1 Å².